The molecule has 1 aliphatic carbocycles. The second-order valence-corrected chi connectivity index (χ2v) is 5.73. The Hall–Kier alpha value is -0.0800. The fourth-order valence-corrected chi connectivity index (χ4v) is 1.80. The van der Waals surface area contributed by atoms with Gasteiger partial charge in [-0.2, -0.15) is 0 Å². The van der Waals surface area contributed by atoms with E-state index in [2.05, 4.69) is 25.7 Å². The molecular weight excluding hydrogens is 186 g/mol. The summed E-state index contributed by atoms with van der Waals surface area (Å²) in [4.78, 5) is 2.49. The van der Waals surface area contributed by atoms with Crippen LogP contribution in [0, 0.1) is 5.92 Å². The molecule has 0 radical (unpaired) electrons. The SMILES string of the molecule is CCC(C)(O)CN(CCC(C)C)C1CC1. The van der Waals surface area contributed by atoms with Crippen molar-refractivity contribution in [2.45, 2.75) is 65.0 Å². The fraction of sp³-hybridized carbons (Fsp3) is 1.00. The Kier molecular flexibility index (Phi) is 4.60. The van der Waals surface area contributed by atoms with Gasteiger partial charge in [-0.25, -0.2) is 0 Å². The molecule has 2 nitrogen and oxygen atoms in total. The second kappa shape index (κ2) is 5.31. The van der Waals surface area contributed by atoms with Crippen LogP contribution in [0.25, 0.3) is 0 Å². The Morgan fingerprint density at radius 3 is 2.40 bits per heavy atom. The molecular formula is C13H27NO. The summed E-state index contributed by atoms with van der Waals surface area (Å²) < 4.78 is 0. The quantitative estimate of drug-likeness (QED) is 0.703. The van der Waals surface area contributed by atoms with Gasteiger partial charge in [0.25, 0.3) is 0 Å². The third-order valence-corrected chi connectivity index (χ3v) is 3.36. The van der Waals surface area contributed by atoms with Crippen molar-refractivity contribution in [2.24, 2.45) is 5.92 Å². The molecule has 1 aliphatic rings. The minimum absolute atomic E-state index is 0.500. The van der Waals surface area contributed by atoms with Crippen LogP contribution in [0.1, 0.15) is 53.4 Å². The van der Waals surface area contributed by atoms with E-state index >= 15 is 0 Å². The molecule has 1 fully saturated rings. The molecule has 1 N–H and O–H groups in total. The number of hydrogen-bond acceptors (Lipinski definition) is 2. The summed E-state index contributed by atoms with van der Waals surface area (Å²) in [6.45, 7) is 10.6. The highest BCUT2D eigenvalue weighted by Crippen LogP contribution is 2.29. The summed E-state index contributed by atoms with van der Waals surface area (Å²) in [6, 6.07) is 0.766. The summed E-state index contributed by atoms with van der Waals surface area (Å²) in [7, 11) is 0. The first kappa shape index (κ1) is 13.0. The Balaban J connectivity index is 2.37. The van der Waals surface area contributed by atoms with Crippen molar-refractivity contribution in [3.05, 3.63) is 0 Å². The van der Waals surface area contributed by atoms with Gasteiger partial charge < -0.3 is 5.11 Å². The van der Waals surface area contributed by atoms with E-state index in [9.17, 15) is 5.11 Å². The number of aliphatic hydroxyl groups is 1. The van der Waals surface area contributed by atoms with E-state index in [4.69, 9.17) is 0 Å². The number of hydrogen-bond donors (Lipinski definition) is 1. The lowest BCUT2D eigenvalue weighted by atomic mass is 10.0. The van der Waals surface area contributed by atoms with Crippen molar-refractivity contribution in [1.82, 2.24) is 4.90 Å². The van der Waals surface area contributed by atoms with Crippen LogP contribution in [-0.2, 0) is 0 Å². The predicted molar refractivity (Wildman–Crippen MR) is 65.0 cm³/mol. The van der Waals surface area contributed by atoms with Gasteiger partial charge in [0.2, 0.25) is 0 Å². The Morgan fingerprint density at radius 2 is 2.00 bits per heavy atom. The molecule has 0 aromatic heterocycles. The van der Waals surface area contributed by atoms with E-state index in [-0.39, 0.29) is 0 Å². The van der Waals surface area contributed by atoms with Crippen molar-refractivity contribution in [3.8, 4) is 0 Å². The zero-order valence-corrected chi connectivity index (χ0v) is 10.8. The minimum Gasteiger partial charge on any atom is -0.389 e. The van der Waals surface area contributed by atoms with Crippen LogP contribution in [0.5, 0.6) is 0 Å². The molecule has 0 aliphatic heterocycles. The van der Waals surface area contributed by atoms with E-state index < -0.39 is 5.60 Å². The average molecular weight is 213 g/mol. The van der Waals surface area contributed by atoms with Gasteiger partial charge in [-0.05, 0) is 45.1 Å². The molecule has 2 heteroatoms. The van der Waals surface area contributed by atoms with Crippen LogP contribution in [0.4, 0.5) is 0 Å². The molecule has 15 heavy (non-hydrogen) atoms. The summed E-state index contributed by atoms with van der Waals surface area (Å²) in [5.41, 5.74) is -0.500. The largest absolute Gasteiger partial charge is 0.389 e. The lowest BCUT2D eigenvalue weighted by Crippen LogP contribution is -2.42. The van der Waals surface area contributed by atoms with Crippen LogP contribution in [0.2, 0.25) is 0 Å². The van der Waals surface area contributed by atoms with Crippen molar-refractivity contribution < 1.29 is 5.11 Å². The standard InChI is InChI=1S/C13H27NO/c1-5-13(4,15)10-14(12-6-7-12)9-8-11(2)3/h11-12,15H,5-10H2,1-4H3. The Bertz CT molecular complexity index is 185. The van der Waals surface area contributed by atoms with Gasteiger partial charge in [-0.3, -0.25) is 4.90 Å². The lowest BCUT2D eigenvalue weighted by molar-refractivity contribution is 0.0125. The van der Waals surface area contributed by atoms with E-state index in [0.717, 1.165) is 31.5 Å². The van der Waals surface area contributed by atoms with Gasteiger partial charge >= 0.3 is 0 Å². The van der Waals surface area contributed by atoms with Gasteiger partial charge in [-0.1, -0.05) is 20.8 Å². The van der Waals surface area contributed by atoms with Crippen LogP contribution in [0.15, 0.2) is 0 Å². The fourth-order valence-electron chi connectivity index (χ4n) is 1.80. The molecule has 0 aromatic rings. The maximum atomic E-state index is 10.1. The van der Waals surface area contributed by atoms with E-state index in [1.54, 1.807) is 0 Å². The third-order valence-electron chi connectivity index (χ3n) is 3.36. The summed E-state index contributed by atoms with van der Waals surface area (Å²) in [6.07, 6.45) is 4.75. The maximum absolute atomic E-state index is 10.1. The Labute approximate surface area is 94.7 Å². The molecule has 1 saturated carbocycles. The van der Waals surface area contributed by atoms with Crippen LogP contribution < -0.4 is 0 Å². The molecule has 1 unspecified atom stereocenters. The first-order valence-electron chi connectivity index (χ1n) is 6.41. The van der Waals surface area contributed by atoms with Crippen molar-refractivity contribution in [3.63, 3.8) is 0 Å². The normalized spacial score (nSPS) is 21.0. The monoisotopic (exact) mass is 213 g/mol. The van der Waals surface area contributed by atoms with E-state index in [1.165, 1.54) is 19.3 Å². The van der Waals surface area contributed by atoms with Crippen LogP contribution in [0.3, 0.4) is 0 Å². The lowest BCUT2D eigenvalue weighted by Gasteiger charge is -2.31. The molecule has 0 aromatic carbocycles. The molecule has 0 spiro atoms. The molecule has 0 bridgehead atoms. The molecule has 0 saturated heterocycles. The molecule has 1 atom stereocenters. The third kappa shape index (κ3) is 4.98. The Morgan fingerprint density at radius 1 is 1.40 bits per heavy atom. The van der Waals surface area contributed by atoms with Gasteiger partial charge in [-0.15, -0.1) is 0 Å². The molecule has 0 heterocycles. The molecule has 90 valence electrons. The number of rotatable bonds is 7. The zero-order valence-electron chi connectivity index (χ0n) is 10.8. The van der Waals surface area contributed by atoms with Crippen LogP contribution in [-0.4, -0.2) is 34.7 Å². The minimum atomic E-state index is -0.500. The molecule has 0 amide bonds. The topological polar surface area (TPSA) is 23.5 Å². The van der Waals surface area contributed by atoms with Gasteiger partial charge in [0.15, 0.2) is 0 Å². The summed E-state index contributed by atoms with van der Waals surface area (Å²) >= 11 is 0. The second-order valence-electron chi connectivity index (χ2n) is 5.73. The van der Waals surface area contributed by atoms with Crippen LogP contribution >= 0.6 is 0 Å². The van der Waals surface area contributed by atoms with Crippen molar-refractivity contribution >= 4 is 0 Å². The summed E-state index contributed by atoms with van der Waals surface area (Å²) in [5, 5.41) is 10.1. The first-order valence-corrected chi connectivity index (χ1v) is 6.41. The smallest absolute Gasteiger partial charge is 0.0743 e. The van der Waals surface area contributed by atoms with Gasteiger partial charge in [0, 0.05) is 12.6 Å². The van der Waals surface area contributed by atoms with E-state index in [0.29, 0.717) is 0 Å². The van der Waals surface area contributed by atoms with Gasteiger partial charge in [0.1, 0.15) is 0 Å². The molecule has 1 rings (SSSR count). The van der Waals surface area contributed by atoms with Gasteiger partial charge in [0.05, 0.1) is 5.60 Å². The summed E-state index contributed by atoms with van der Waals surface area (Å²) in [5.74, 6) is 0.762. The highest BCUT2D eigenvalue weighted by atomic mass is 16.3. The number of nitrogens with zero attached hydrogens (tertiary/aromatic N) is 1. The highest BCUT2D eigenvalue weighted by molar-refractivity contribution is 4.88. The highest BCUT2D eigenvalue weighted by Gasteiger charge is 2.32. The average Bonchev–Trinajstić information content (AvgIpc) is 2.95. The van der Waals surface area contributed by atoms with E-state index in [1.807, 2.05) is 6.92 Å². The zero-order chi connectivity index (χ0) is 11.5. The van der Waals surface area contributed by atoms with Crippen molar-refractivity contribution in [1.29, 1.82) is 0 Å². The maximum Gasteiger partial charge on any atom is 0.0743 e. The first-order chi connectivity index (χ1) is 6.94. The van der Waals surface area contributed by atoms with Crippen molar-refractivity contribution in [2.75, 3.05) is 13.1 Å². The predicted octanol–water partition coefficient (Wildman–Crippen LogP) is 2.66.